The standard InChI is InChI=1S/C17H9F5OS/c1-23-10-7-6-8-4-2-3-5-9(8)16(10)24-17-14(21)12(19)11(18)13(20)15(17)22/h2-7H,1H3. The highest BCUT2D eigenvalue weighted by atomic mass is 32.2. The largest absolute Gasteiger partial charge is 0.496 e. The van der Waals surface area contributed by atoms with Gasteiger partial charge >= 0.3 is 0 Å². The van der Waals surface area contributed by atoms with Gasteiger partial charge in [-0.2, -0.15) is 0 Å². The predicted molar refractivity (Wildman–Crippen MR) is 80.9 cm³/mol. The summed E-state index contributed by atoms with van der Waals surface area (Å²) in [5.41, 5.74) is 0. The fraction of sp³-hybridized carbons (Fsp3) is 0.0588. The van der Waals surface area contributed by atoms with Crippen LogP contribution in [0.1, 0.15) is 0 Å². The lowest BCUT2D eigenvalue weighted by Crippen LogP contribution is -2.03. The van der Waals surface area contributed by atoms with Gasteiger partial charge in [0, 0.05) is 0 Å². The summed E-state index contributed by atoms with van der Waals surface area (Å²) in [6.45, 7) is 0. The van der Waals surface area contributed by atoms with Crippen LogP contribution in [0.4, 0.5) is 22.0 Å². The summed E-state index contributed by atoms with van der Waals surface area (Å²) in [7, 11) is 1.35. The summed E-state index contributed by atoms with van der Waals surface area (Å²) in [6, 6.07) is 10.2. The van der Waals surface area contributed by atoms with Crippen LogP contribution in [0.5, 0.6) is 5.75 Å². The Labute approximate surface area is 138 Å². The normalized spacial score (nSPS) is 11.1. The Kier molecular flexibility index (Phi) is 4.36. The highest BCUT2D eigenvalue weighted by Gasteiger charge is 2.27. The number of fused-ring (bicyclic) bond motifs is 1. The minimum absolute atomic E-state index is 0.263. The van der Waals surface area contributed by atoms with Crippen LogP contribution in [0.2, 0.25) is 0 Å². The van der Waals surface area contributed by atoms with Crippen molar-refractivity contribution in [2.24, 2.45) is 0 Å². The van der Waals surface area contributed by atoms with Crippen LogP contribution in [0.3, 0.4) is 0 Å². The molecule has 0 spiro atoms. The molecule has 0 radical (unpaired) electrons. The highest BCUT2D eigenvalue weighted by Crippen LogP contribution is 2.43. The molecule has 0 amide bonds. The molecule has 1 nitrogen and oxygen atoms in total. The van der Waals surface area contributed by atoms with Gasteiger partial charge in [-0.25, -0.2) is 22.0 Å². The lowest BCUT2D eigenvalue weighted by atomic mass is 10.1. The second-order valence-corrected chi connectivity index (χ2v) is 5.84. The van der Waals surface area contributed by atoms with Gasteiger partial charge in [-0.15, -0.1) is 0 Å². The van der Waals surface area contributed by atoms with Gasteiger partial charge in [0.1, 0.15) is 5.75 Å². The van der Waals surface area contributed by atoms with Crippen molar-refractivity contribution in [2.45, 2.75) is 9.79 Å². The first-order chi connectivity index (χ1) is 11.5. The molecule has 0 aliphatic rings. The number of ether oxygens (including phenoxy) is 1. The van der Waals surface area contributed by atoms with Gasteiger partial charge in [-0.05, 0) is 16.8 Å². The zero-order valence-electron chi connectivity index (χ0n) is 12.2. The van der Waals surface area contributed by atoms with Crippen molar-refractivity contribution in [3.63, 3.8) is 0 Å². The van der Waals surface area contributed by atoms with Crippen molar-refractivity contribution >= 4 is 22.5 Å². The molecule has 0 bridgehead atoms. The topological polar surface area (TPSA) is 9.23 Å². The maximum absolute atomic E-state index is 13.9. The van der Waals surface area contributed by atoms with Gasteiger partial charge in [0.15, 0.2) is 23.3 Å². The molecule has 3 rings (SSSR count). The Hall–Kier alpha value is -2.28. The third-order valence-electron chi connectivity index (χ3n) is 3.44. The lowest BCUT2D eigenvalue weighted by molar-refractivity contribution is 0.360. The molecule has 124 valence electrons. The minimum atomic E-state index is -2.18. The number of halogens is 5. The third-order valence-corrected chi connectivity index (χ3v) is 4.62. The molecule has 0 aliphatic heterocycles. The monoisotopic (exact) mass is 356 g/mol. The second kappa shape index (κ2) is 6.32. The van der Waals surface area contributed by atoms with Crippen molar-refractivity contribution in [2.75, 3.05) is 7.11 Å². The van der Waals surface area contributed by atoms with Crippen LogP contribution < -0.4 is 4.74 Å². The summed E-state index contributed by atoms with van der Waals surface area (Å²) >= 11 is 0.437. The molecule has 0 saturated heterocycles. The first-order valence-electron chi connectivity index (χ1n) is 6.70. The quantitative estimate of drug-likeness (QED) is 0.338. The zero-order chi connectivity index (χ0) is 17.4. The van der Waals surface area contributed by atoms with Gasteiger partial charge in [0.25, 0.3) is 0 Å². The molecule has 0 aromatic heterocycles. The average molecular weight is 356 g/mol. The maximum atomic E-state index is 13.9. The van der Waals surface area contributed by atoms with E-state index in [1.165, 1.54) is 7.11 Å². The van der Waals surface area contributed by atoms with Gasteiger partial charge in [-0.3, -0.25) is 0 Å². The molecule has 0 aliphatic carbocycles. The van der Waals surface area contributed by atoms with Crippen LogP contribution in [-0.4, -0.2) is 7.11 Å². The SMILES string of the molecule is COc1ccc2ccccc2c1Sc1c(F)c(F)c(F)c(F)c1F. The number of rotatable bonds is 3. The van der Waals surface area contributed by atoms with E-state index in [0.29, 0.717) is 17.1 Å². The second-order valence-electron chi connectivity index (χ2n) is 4.82. The number of hydrogen-bond acceptors (Lipinski definition) is 2. The van der Waals surface area contributed by atoms with Crippen LogP contribution in [0, 0.1) is 29.1 Å². The van der Waals surface area contributed by atoms with Crippen LogP contribution >= 0.6 is 11.8 Å². The molecular formula is C17H9F5OS. The van der Waals surface area contributed by atoms with Crippen LogP contribution in [0.15, 0.2) is 46.2 Å². The fourth-order valence-electron chi connectivity index (χ4n) is 2.27. The van der Waals surface area contributed by atoms with Crippen LogP contribution in [-0.2, 0) is 0 Å². The smallest absolute Gasteiger partial charge is 0.200 e. The van der Waals surface area contributed by atoms with E-state index in [1.54, 1.807) is 36.4 Å². The number of benzene rings is 3. The van der Waals surface area contributed by atoms with Crippen LogP contribution in [0.25, 0.3) is 10.8 Å². The van der Waals surface area contributed by atoms with E-state index in [1.807, 2.05) is 0 Å². The molecule has 3 aromatic carbocycles. The van der Waals surface area contributed by atoms with E-state index < -0.39 is 34.0 Å². The van der Waals surface area contributed by atoms with E-state index in [-0.39, 0.29) is 10.6 Å². The Morgan fingerprint density at radius 2 is 1.29 bits per heavy atom. The van der Waals surface area contributed by atoms with Gasteiger partial charge in [-0.1, -0.05) is 42.1 Å². The molecule has 0 saturated carbocycles. The van der Waals surface area contributed by atoms with Gasteiger partial charge in [0.05, 0.1) is 16.9 Å². The summed E-state index contributed by atoms with van der Waals surface area (Å²) in [5.74, 6) is -9.61. The Morgan fingerprint density at radius 3 is 1.92 bits per heavy atom. The summed E-state index contributed by atoms with van der Waals surface area (Å²) in [4.78, 5) is -0.708. The molecular weight excluding hydrogens is 347 g/mol. The fourth-order valence-corrected chi connectivity index (χ4v) is 3.38. The van der Waals surface area contributed by atoms with E-state index in [4.69, 9.17) is 4.74 Å². The Bertz CT molecular complexity index is 913. The average Bonchev–Trinajstić information content (AvgIpc) is 2.61. The molecule has 0 fully saturated rings. The maximum Gasteiger partial charge on any atom is 0.200 e. The van der Waals surface area contributed by atoms with Crippen molar-refractivity contribution in [3.05, 3.63) is 65.5 Å². The van der Waals surface area contributed by atoms with Gasteiger partial charge in [0.2, 0.25) is 5.82 Å². The molecule has 24 heavy (non-hydrogen) atoms. The third kappa shape index (κ3) is 2.58. The number of methoxy groups -OCH3 is 1. The van der Waals surface area contributed by atoms with Crippen molar-refractivity contribution in [1.29, 1.82) is 0 Å². The first kappa shape index (κ1) is 16.6. The Morgan fingerprint density at radius 1 is 0.708 bits per heavy atom. The van der Waals surface area contributed by atoms with E-state index in [2.05, 4.69) is 0 Å². The van der Waals surface area contributed by atoms with Crippen molar-refractivity contribution < 1.29 is 26.7 Å². The highest BCUT2D eigenvalue weighted by molar-refractivity contribution is 7.99. The summed E-state index contributed by atoms with van der Waals surface area (Å²) in [6.07, 6.45) is 0. The van der Waals surface area contributed by atoms with E-state index in [0.717, 1.165) is 5.39 Å². The molecule has 0 unspecified atom stereocenters. The number of hydrogen-bond donors (Lipinski definition) is 0. The lowest BCUT2D eigenvalue weighted by Gasteiger charge is -2.13. The van der Waals surface area contributed by atoms with Crippen molar-refractivity contribution in [3.8, 4) is 5.75 Å². The van der Waals surface area contributed by atoms with Gasteiger partial charge < -0.3 is 4.74 Å². The first-order valence-corrected chi connectivity index (χ1v) is 7.52. The molecule has 0 atom stereocenters. The molecule has 3 aromatic rings. The Balaban J connectivity index is 2.25. The minimum Gasteiger partial charge on any atom is -0.496 e. The molecule has 7 heteroatoms. The summed E-state index contributed by atoms with van der Waals surface area (Å²) < 4.78 is 73.0. The van der Waals surface area contributed by atoms with Crippen molar-refractivity contribution in [1.82, 2.24) is 0 Å². The zero-order valence-corrected chi connectivity index (χ0v) is 13.0. The predicted octanol–water partition coefficient (Wildman–Crippen LogP) is 5.70. The molecule has 0 heterocycles. The van der Waals surface area contributed by atoms with E-state index >= 15 is 0 Å². The summed E-state index contributed by atoms with van der Waals surface area (Å²) in [5, 5.41) is 1.32. The van der Waals surface area contributed by atoms with E-state index in [9.17, 15) is 22.0 Å². The molecule has 0 N–H and O–H groups in total.